The molecule has 1 unspecified atom stereocenters. The standard InChI is InChI=1S/C15H21NO2/c1-10-8-12(14-6-4-5-7-16-14)9-13(11(10)2)15(17)18-3/h8-9,14,16H,4-7H2,1-3H3. The summed E-state index contributed by atoms with van der Waals surface area (Å²) >= 11 is 0. The predicted molar refractivity (Wildman–Crippen MR) is 71.9 cm³/mol. The first-order valence-corrected chi connectivity index (χ1v) is 6.56. The van der Waals surface area contributed by atoms with Crippen LogP contribution < -0.4 is 5.32 Å². The van der Waals surface area contributed by atoms with Gasteiger partial charge in [0, 0.05) is 6.04 Å². The zero-order chi connectivity index (χ0) is 13.1. The summed E-state index contributed by atoms with van der Waals surface area (Å²) in [7, 11) is 1.43. The summed E-state index contributed by atoms with van der Waals surface area (Å²) < 4.78 is 4.86. The molecule has 0 bridgehead atoms. The second-order valence-corrected chi connectivity index (χ2v) is 5.00. The summed E-state index contributed by atoms with van der Waals surface area (Å²) in [6.45, 7) is 5.08. The third-order valence-corrected chi connectivity index (χ3v) is 3.81. The minimum absolute atomic E-state index is 0.242. The molecule has 1 heterocycles. The van der Waals surface area contributed by atoms with Crippen molar-refractivity contribution < 1.29 is 9.53 Å². The van der Waals surface area contributed by atoms with Gasteiger partial charge in [-0.25, -0.2) is 4.79 Å². The Hall–Kier alpha value is -1.35. The maximum Gasteiger partial charge on any atom is 0.338 e. The van der Waals surface area contributed by atoms with E-state index in [9.17, 15) is 4.79 Å². The van der Waals surface area contributed by atoms with Crippen LogP contribution in [-0.2, 0) is 4.74 Å². The zero-order valence-electron chi connectivity index (χ0n) is 11.4. The highest BCUT2D eigenvalue weighted by Gasteiger charge is 2.19. The molecule has 0 aliphatic carbocycles. The van der Waals surface area contributed by atoms with Crippen molar-refractivity contribution in [2.75, 3.05) is 13.7 Å². The van der Waals surface area contributed by atoms with E-state index in [0.29, 0.717) is 11.6 Å². The molecule has 3 nitrogen and oxygen atoms in total. The number of methoxy groups -OCH3 is 1. The molecule has 1 fully saturated rings. The monoisotopic (exact) mass is 247 g/mol. The first kappa shape index (κ1) is 13.1. The average molecular weight is 247 g/mol. The van der Waals surface area contributed by atoms with Crippen LogP contribution in [0, 0.1) is 13.8 Å². The van der Waals surface area contributed by atoms with Crippen LogP contribution >= 0.6 is 0 Å². The molecule has 0 saturated carbocycles. The number of esters is 1. The van der Waals surface area contributed by atoms with Gasteiger partial charge in [-0.3, -0.25) is 0 Å². The molecule has 1 aliphatic rings. The number of piperidine rings is 1. The first-order valence-electron chi connectivity index (χ1n) is 6.56. The molecule has 1 N–H and O–H groups in total. The summed E-state index contributed by atoms with van der Waals surface area (Å²) in [5.74, 6) is -0.242. The maximum absolute atomic E-state index is 11.8. The Labute approximate surface area is 109 Å². The summed E-state index contributed by atoms with van der Waals surface area (Å²) in [5, 5.41) is 3.51. The minimum Gasteiger partial charge on any atom is -0.465 e. The fraction of sp³-hybridized carbons (Fsp3) is 0.533. The van der Waals surface area contributed by atoms with Gasteiger partial charge in [0.15, 0.2) is 0 Å². The Morgan fingerprint density at radius 3 is 2.72 bits per heavy atom. The van der Waals surface area contributed by atoms with Crippen molar-refractivity contribution in [3.05, 3.63) is 34.4 Å². The van der Waals surface area contributed by atoms with Gasteiger partial charge in [0.1, 0.15) is 0 Å². The largest absolute Gasteiger partial charge is 0.465 e. The molecule has 98 valence electrons. The van der Waals surface area contributed by atoms with Crippen molar-refractivity contribution in [1.29, 1.82) is 0 Å². The maximum atomic E-state index is 11.8. The van der Waals surface area contributed by atoms with E-state index in [4.69, 9.17) is 4.74 Å². The fourth-order valence-corrected chi connectivity index (χ4v) is 2.55. The number of hydrogen-bond acceptors (Lipinski definition) is 3. The smallest absolute Gasteiger partial charge is 0.338 e. The Morgan fingerprint density at radius 2 is 2.11 bits per heavy atom. The van der Waals surface area contributed by atoms with E-state index >= 15 is 0 Å². The highest BCUT2D eigenvalue weighted by molar-refractivity contribution is 5.91. The van der Waals surface area contributed by atoms with E-state index in [2.05, 4.69) is 11.4 Å². The van der Waals surface area contributed by atoms with E-state index in [1.165, 1.54) is 25.5 Å². The Kier molecular flexibility index (Phi) is 4.02. The van der Waals surface area contributed by atoms with Gasteiger partial charge in [0.05, 0.1) is 12.7 Å². The van der Waals surface area contributed by atoms with Gasteiger partial charge in [-0.15, -0.1) is 0 Å². The molecular formula is C15H21NO2. The van der Waals surface area contributed by atoms with Crippen LogP contribution in [0.1, 0.15) is 52.4 Å². The molecule has 1 atom stereocenters. The summed E-state index contributed by atoms with van der Waals surface area (Å²) in [6, 6.07) is 4.54. The molecule has 1 aromatic carbocycles. The van der Waals surface area contributed by atoms with Gasteiger partial charge < -0.3 is 10.1 Å². The topological polar surface area (TPSA) is 38.3 Å². The molecule has 1 aliphatic heterocycles. The molecule has 0 aromatic heterocycles. The second-order valence-electron chi connectivity index (χ2n) is 5.00. The van der Waals surface area contributed by atoms with E-state index in [1.54, 1.807) is 0 Å². The number of aryl methyl sites for hydroxylation is 1. The zero-order valence-corrected chi connectivity index (χ0v) is 11.4. The number of rotatable bonds is 2. The third kappa shape index (κ3) is 2.56. The van der Waals surface area contributed by atoms with Gasteiger partial charge in [-0.05, 0) is 56.0 Å². The average Bonchev–Trinajstić information content (AvgIpc) is 2.41. The summed E-state index contributed by atoms with van der Waals surface area (Å²) in [4.78, 5) is 11.8. The molecule has 0 radical (unpaired) electrons. The van der Waals surface area contributed by atoms with Crippen LogP contribution in [0.25, 0.3) is 0 Å². The van der Waals surface area contributed by atoms with Gasteiger partial charge in [0.25, 0.3) is 0 Å². The van der Waals surface area contributed by atoms with Crippen molar-refractivity contribution in [1.82, 2.24) is 5.32 Å². The lowest BCUT2D eigenvalue weighted by atomic mass is 9.92. The van der Waals surface area contributed by atoms with E-state index in [-0.39, 0.29) is 5.97 Å². The van der Waals surface area contributed by atoms with Crippen LogP contribution in [0.3, 0.4) is 0 Å². The fourth-order valence-electron chi connectivity index (χ4n) is 2.55. The Balaban J connectivity index is 2.36. The first-order chi connectivity index (χ1) is 8.63. The summed E-state index contributed by atoms with van der Waals surface area (Å²) in [5.41, 5.74) is 4.07. The Bertz CT molecular complexity index is 448. The molecule has 2 rings (SSSR count). The van der Waals surface area contributed by atoms with Crippen LogP contribution in [-0.4, -0.2) is 19.6 Å². The molecule has 3 heteroatoms. The molecule has 1 saturated heterocycles. The van der Waals surface area contributed by atoms with Crippen LogP contribution in [0.4, 0.5) is 0 Å². The quantitative estimate of drug-likeness (QED) is 0.817. The number of benzene rings is 1. The summed E-state index contributed by atoms with van der Waals surface area (Å²) in [6.07, 6.45) is 3.63. The van der Waals surface area contributed by atoms with Gasteiger partial charge in [0.2, 0.25) is 0 Å². The van der Waals surface area contributed by atoms with Gasteiger partial charge in [-0.1, -0.05) is 12.5 Å². The lowest BCUT2D eigenvalue weighted by Gasteiger charge is -2.25. The van der Waals surface area contributed by atoms with E-state index in [0.717, 1.165) is 24.1 Å². The predicted octanol–water partition coefficient (Wildman–Crippen LogP) is 2.90. The van der Waals surface area contributed by atoms with Crippen molar-refractivity contribution in [3.8, 4) is 0 Å². The van der Waals surface area contributed by atoms with Crippen molar-refractivity contribution in [3.63, 3.8) is 0 Å². The minimum atomic E-state index is -0.242. The highest BCUT2D eigenvalue weighted by Crippen LogP contribution is 2.27. The molecule has 1 aromatic rings. The number of nitrogens with one attached hydrogen (secondary N) is 1. The van der Waals surface area contributed by atoms with Crippen molar-refractivity contribution in [2.24, 2.45) is 0 Å². The van der Waals surface area contributed by atoms with Gasteiger partial charge in [-0.2, -0.15) is 0 Å². The van der Waals surface area contributed by atoms with Crippen LogP contribution in [0.15, 0.2) is 12.1 Å². The van der Waals surface area contributed by atoms with Crippen molar-refractivity contribution >= 4 is 5.97 Å². The third-order valence-electron chi connectivity index (χ3n) is 3.81. The molecule has 0 spiro atoms. The number of carbonyl (C=O) groups excluding carboxylic acids is 1. The lowest BCUT2D eigenvalue weighted by molar-refractivity contribution is 0.0599. The number of hydrogen-bond donors (Lipinski definition) is 1. The second kappa shape index (κ2) is 5.53. The lowest BCUT2D eigenvalue weighted by Crippen LogP contribution is -2.27. The van der Waals surface area contributed by atoms with E-state index in [1.807, 2.05) is 19.9 Å². The Morgan fingerprint density at radius 1 is 1.33 bits per heavy atom. The molecular weight excluding hydrogens is 226 g/mol. The van der Waals surface area contributed by atoms with E-state index < -0.39 is 0 Å². The normalized spacial score (nSPS) is 19.6. The number of ether oxygens (including phenoxy) is 1. The molecule has 0 amide bonds. The van der Waals surface area contributed by atoms with Crippen molar-refractivity contribution in [2.45, 2.75) is 39.2 Å². The van der Waals surface area contributed by atoms with Gasteiger partial charge >= 0.3 is 5.97 Å². The number of carbonyl (C=O) groups is 1. The molecule has 18 heavy (non-hydrogen) atoms. The highest BCUT2D eigenvalue weighted by atomic mass is 16.5. The SMILES string of the molecule is COC(=O)c1cc(C2CCCCN2)cc(C)c1C. The van der Waals surface area contributed by atoms with Crippen LogP contribution in [0.2, 0.25) is 0 Å². The van der Waals surface area contributed by atoms with Crippen LogP contribution in [0.5, 0.6) is 0 Å².